The summed E-state index contributed by atoms with van der Waals surface area (Å²) in [5.41, 5.74) is 0.857. The third-order valence-electron chi connectivity index (χ3n) is 7.27. The molecule has 0 heterocycles. The van der Waals surface area contributed by atoms with Gasteiger partial charge in [-0.15, -0.1) is 0 Å². The Bertz CT molecular complexity index is 727. The fourth-order valence-electron chi connectivity index (χ4n) is 4.88. The Morgan fingerprint density at radius 3 is 1.75 bits per heavy atom. The number of carbonyl (C=O) groups is 2. The van der Waals surface area contributed by atoms with E-state index in [9.17, 15) is 19.8 Å². The minimum absolute atomic E-state index is 0.132. The number of carbonyl (C=O) groups excluding carboxylic acids is 2. The molecule has 2 N–H and O–H groups in total. The summed E-state index contributed by atoms with van der Waals surface area (Å²) < 4.78 is 16.7. The first-order chi connectivity index (χ1) is 19.5. The summed E-state index contributed by atoms with van der Waals surface area (Å²) in [6.07, 6.45) is 16.2. The number of hydrogen-bond acceptors (Lipinski definition) is 7. The summed E-state index contributed by atoms with van der Waals surface area (Å²) >= 11 is 0. The fourth-order valence-corrected chi connectivity index (χ4v) is 4.88. The molecule has 7 heteroatoms. The minimum atomic E-state index is -1.43. The van der Waals surface area contributed by atoms with Crippen LogP contribution in [-0.4, -0.2) is 60.1 Å². The van der Waals surface area contributed by atoms with E-state index in [4.69, 9.17) is 14.2 Å². The third kappa shape index (κ3) is 17.8. The molecule has 1 rings (SSSR count). The van der Waals surface area contributed by atoms with Gasteiger partial charge in [0, 0.05) is 13.5 Å². The third-order valence-corrected chi connectivity index (χ3v) is 7.27. The van der Waals surface area contributed by atoms with Crippen LogP contribution in [0.1, 0.15) is 122 Å². The molecule has 40 heavy (non-hydrogen) atoms. The van der Waals surface area contributed by atoms with Gasteiger partial charge in [-0.25, -0.2) is 0 Å². The highest BCUT2D eigenvalue weighted by molar-refractivity contribution is 5.66. The molecule has 0 bridgehead atoms. The zero-order chi connectivity index (χ0) is 29.3. The van der Waals surface area contributed by atoms with Crippen molar-refractivity contribution in [1.82, 2.24) is 0 Å². The molecule has 0 saturated heterocycles. The van der Waals surface area contributed by atoms with Crippen LogP contribution in [0.2, 0.25) is 0 Å². The first kappa shape index (κ1) is 36.2. The molecular weight excluding hydrogens is 508 g/mol. The summed E-state index contributed by atoms with van der Waals surface area (Å²) in [5, 5.41) is 20.5. The van der Waals surface area contributed by atoms with Crippen LogP contribution in [0.3, 0.4) is 0 Å². The molecule has 0 saturated carbocycles. The van der Waals surface area contributed by atoms with Crippen LogP contribution >= 0.6 is 0 Å². The maximum Gasteiger partial charge on any atom is 0.303 e. The second-order valence-corrected chi connectivity index (χ2v) is 10.9. The Labute approximate surface area is 243 Å². The van der Waals surface area contributed by atoms with Gasteiger partial charge in [0.25, 0.3) is 0 Å². The number of esters is 1. The molecule has 0 aliphatic carbocycles. The lowest BCUT2D eigenvalue weighted by molar-refractivity contribution is -0.180. The van der Waals surface area contributed by atoms with Gasteiger partial charge in [0.05, 0.1) is 13.2 Å². The van der Waals surface area contributed by atoms with E-state index in [1.807, 2.05) is 30.3 Å². The quantitative estimate of drug-likeness (QED) is 0.0696. The average Bonchev–Trinajstić information content (AvgIpc) is 2.96. The number of aldehydes is 1. The Hall–Kier alpha value is -1.80. The number of benzene rings is 1. The number of rotatable bonds is 27. The molecular formula is C33H56O7. The first-order valence-corrected chi connectivity index (χ1v) is 15.7. The maximum atomic E-state index is 11.9. The van der Waals surface area contributed by atoms with Gasteiger partial charge in [0.15, 0.2) is 12.4 Å². The second-order valence-electron chi connectivity index (χ2n) is 10.9. The van der Waals surface area contributed by atoms with Crippen molar-refractivity contribution in [2.45, 2.75) is 148 Å². The van der Waals surface area contributed by atoms with Crippen molar-refractivity contribution in [1.29, 1.82) is 0 Å². The van der Waals surface area contributed by atoms with Crippen LogP contribution in [0.4, 0.5) is 0 Å². The van der Waals surface area contributed by atoms with E-state index in [-0.39, 0.29) is 6.61 Å². The van der Waals surface area contributed by atoms with E-state index in [0.29, 0.717) is 12.9 Å². The highest BCUT2D eigenvalue weighted by atomic mass is 16.6. The second kappa shape index (κ2) is 25.0. The predicted octanol–water partition coefficient (Wildman–Crippen LogP) is 6.70. The van der Waals surface area contributed by atoms with Gasteiger partial charge in [-0.1, -0.05) is 134 Å². The maximum absolute atomic E-state index is 11.9. The fraction of sp³-hybridized carbons (Fsp3) is 0.758. The number of unbranched alkanes of at least 4 members (excludes halogenated alkanes) is 15. The largest absolute Gasteiger partial charge is 0.457 e. The van der Waals surface area contributed by atoms with Gasteiger partial charge < -0.3 is 29.2 Å². The predicted molar refractivity (Wildman–Crippen MR) is 159 cm³/mol. The zero-order valence-electron chi connectivity index (χ0n) is 25.1. The summed E-state index contributed by atoms with van der Waals surface area (Å²) in [7, 11) is 0. The normalized spacial score (nSPS) is 14.4. The molecule has 0 amide bonds. The number of hydrogen-bond donors (Lipinski definition) is 2. The first-order valence-electron chi connectivity index (χ1n) is 15.7. The van der Waals surface area contributed by atoms with E-state index in [1.165, 1.54) is 90.4 Å². The summed E-state index contributed by atoms with van der Waals surface area (Å²) in [5.74, 6) is -0.642. The van der Waals surface area contributed by atoms with E-state index < -0.39 is 37.0 Å². The summed E-state index contributed by atoms with van der Waals surface area (Å²) in [6.45, 7) is 3.35. The van der Waals surface area contributed by atoms with Crippen molar-refractivity contribution in [2.24, 2.45) is 0 Å². The van der Waals surface area contributed by atoms with Crippen LogP contribution in [-0.2, 0) is 30.4 Å². The smallest absolute Gasteiger partial charge is 0.303 e. The lowest BCUT2D eigenvalue weighted by Crippen LogP contribution is -2.50. The Balaban J connectivity index is 2.29. The number of aliphatic hydroxyl groups excluding tert-OH is 2. The van der Waals surface area contributed by atoms with Crippen molar-refractivity contribution < 1.29 is 34.0 Å². The van der Waals surface area contributed by atoms with Gasteiger partial charge >= 0.3 is 5.97 Å². The topological polar surface area (TPSA) is 102 Å². The van der Waals surface area contributed by atoms with E-state index in [1.54, 1.807) is 0 Å². The van der Waals surface area contributed by atoms with Crippen LogP contribution in [0.25, 0.3) is 0 Å². The van der Waals surface area contributed by atoms with Gasteiger partial charge in [-0.2, -0.15) is 0 Å². The van der Waals surface area contributed by atoms with Gasteiger partial charge in [0.1, 0.15) is 18.3 Å². The highest BCUT2D eigenvalue weighted by Gasteiger charge is 2.36. The molecule has 0 aliphatic heterocycles. The molecule has 0 radical (unpaired) electrons. The van der Waals surface area contributed by atoms with E-state index >= 15 is 0 Å². The molecule has 0 aromatic heterocycles. The number of ether oxygens (including phenoxy) is 3. The van der Waals surface area contributed by atoms with Crippen molar-refractivity contribution in [2.75, 3.05) is 13.2 Å². The van der Waals surface area contributed by atoms with Crippen LogP contribution in [0.5, 0.6) is 0 Å². The lowest BCUT2D eigenvalue weighted by atomic mass is 10.0. The summed E-state index contributed by atoms with van der Waals surface area (Å²) in [4.78, 5) is 23.3. The highest BCUT2D eigenvalue weighted by Crippen LogP contribution is 2.18. The molecule has 0 aliphatic rings. The standard InChI is InChI=1S/C33H56O7/c1-3-4-5-6-7-8-9-10-11-12-13-14-15-16-17-21-24-38-31(26-35)33(32(37)30(25-34)40-28(2)36)39-27-29-22-19-18-20-23-29/h18-20,22-23,26,30-34,37H,3-17,21,24-25,27H2,1-2H3/t30-,31+,32-,33-/m1/s1. The molecule has 7 nitrogen and oxygen atoms in total. The van der Waals surface area contributed by atoms with Crippen LogP contribution < -0.4 is 0 Å². The lowest BCUT2D eigenvalue weighted by Gasteiger charge is -2.31. The van der Waals surface area contributed by atoms with Crippen molar-refractivity contribution >= 4 is 12.3 Å². The van der Waals surface area contributed by atoms with E-state index in [0.717, 1.165) is 24.8 Å². The molecule has 1 aromatic carbocycles. The Morgan fingerprint density at radius 2 is 1.30 bits per heavy atom. The van der Waals surface area contributed by atoms with Gasteiger partial charge in [0.2, 0.25) is 0 Å². The van der Waals surface area contributed by atoms with Crippen molar-refractivity contribution in [3.8, 4) is 0 Å². The Morgan fingerprint density at radius 1 is 0.800 bits per heavy atom. The zero-order valence-corrected chi connectivity index (χ0v) is 25.1. The number of aliphatic hydroxyl groups is 2. The summed E-state index contributed by atoms with van der Waals surface area (Å²) in [6, 6.07) is 9.35. The van der Waals surface area contributed by atoms with Gasteiger partial charge in [-0.05, 0) is 12.0 Å². The van der Waals surface area contributed by atoms with Crippen LogP contribution in [0.15, 0.2) is 30.3 Å². The monoisotopic (exact) mass is 564 g/mol. The molecule has 230 valence electrons. The SMILES string of the molecule is CCCCCCCCCCCCCCCCCCO[C@@H](C=O)[C@@H](OCc1ccccc1)[C@H](O)[C@@H](CO)OC(C)=O. The van der Waals surface area contributed by atoms with Crippen molar-refractivity contribution in [3.63, 3.8) is 0 Å². The molecule has 0 fully saturated rings. The Kier molecular flexibility index (Phi) is 22.6. The minimum Gasteiger partial charge on any atom is -0.457 e. The molecule has 0 spiro atoms. The van der Waals surface area contributed by atoms with Crippen LogP contribution in [0, 0.1) is 0 Å². The molecule has 1 aromatic rings. The van der Waals surface area contributed by atoms with Crippen molar-refractivity contribution in [3.05, 3.63) is 35.9 Å². The van der Waals surface area contributed by atoms with E-state index in [2.05, 4.69) is 6.92 Å². The molecule has 0 unspecified atom stereocenters. The molecule has 4 atom stereocenters. The van der Waals surface area contributed by atoms with Gasteiger partial charge in [-0.3, -0.25) is 4.79 Å². The average molecular weight is 565 g/mol.